The number of esters is 1. The van der Waals surface area contributed by atoms with Crippen LogP contribution < -0.4 is 19.8 Å². The van der Waals surface area contributed by atoms with Gasteiger partial charge >= 0.3 is 11.6 Å². The average molecular weight is 466 g/mol. The second-order valence-corrected chi connectivity index (χ2v) is 8.82. The number of phenolic OH excluding ortho intramolecular Hbond substituents is 1. The molecular formula is C26H26O8. The Hall–Kier alpha value is -3.81. The molecule has 0 spiro atoms. The number of benzene rings is 2. The molecule has 0 bridgehead atoms. The van der Waals surface area contributed by atoms with Crippen molar-refractivity contribution >= 4 is 22.7 Å². The highest BCUT2D eigenvalue weighted by atomic mass is 16.5. The second kappa shape index (κ2) is 8.85. The standard InChI is InChI=1S/C26H26O8/c1-12(2)11-32-17-7-6-15(9-18(17)31-5)16-10-20(29)34-26-22(14(4)27)24(30)21-13(3)8-19(28)33-25(21)23(16)26/h6-9,12,16,30H,10-11H2,1-5H3. The molecular weight excluding hydrogens is 440 g/mol. The number of fused-ring (bicyclic) bond motifs is 3. The zero-order chi connectivity index (χ0) is 24.7. The minimum atomic E-state index is -0.618. The smallest absolute Gasteiger partial charge is 0.336 e. The van der Waals surface area contributed by atoms with E-state index in [0.29, 0.717) is 40.7 Å². The maximum absolute atomic E-state index is 12.6. The van der Waals surface area contributed by atoms with Crippen LogP contribution in [0.4, 0.5) is 0 Å². The van der Waals surface area contributed by atoms with Crippen molar-refractivity contribution in [3.63, 3.8) is 0 Å². The van der Waals surface area contributed by atoms with Crippen LogP contribution in [0, 0.1) is 12.8 Å². The number of hydrogen-bond acceptors (Lipinski definition) is 8. The van der Waals surface area contributed by atoms with E-state index in [1.54, 1.807) is 25.1 Å². The van der Waals surface area contributed by atoms with Crippen LogP contribution in [0.1, 0.15) is 60.2 Å². The van der Waals surface area contributed by atoms with Crippen LogP contribution in [0.15, 0.2) is 33.5 Å². The summed E-state index contributed by atoms with van der Waals surface area (Å²) in [5.74, 6) is -0.794. The van der Waals surface area contributed by atoms with Crippen LogP contribution in [-0.2, 0) is 4.79 Å². The minimum Gasteiger partial charge on any atom is -0.506 e. The van der Waals surface area contributed by atoms with E-state index in [1.165, 1.54) is 20.1 Å². The molecule has 0 saturated heterocycles. The quantitative estimate of drug-likeness (QED) is 0.245. The number of phenols is 1. The van der Waals surface area contributed by atoms with E-state index in [-0.39, 0.29) is 34.5 Å². The number of hydrogen-bond donors (Lipinski definition) is 1. The molecule has 1 aliphatic rings. The van der Waals surface area contributed by atoms with Crippen molar-refractivity contribution in [1.82, 2.24) is 0 Å². The maximum atomic E-state index is 12.6. The highest BCUT2D eigenvalue weighted by Gasteiger charge is 2.37. The van der Waals surface area contributed by atoms with Crippen LogP contribution in [-0.4, -0.2) is 30.6 Å². The second-order valence-electron chi connectivity index (χ2n) is 8.82. The van der Waals surface area contributed by atoms with Crippen LogP contribution >= 0.6 is 0 Å². The molecule has 1 aromatic heterocycles. The van der Waals surface area contributed by atoms with Crippen molar-refractivity contribution in [2.75, 3.05) is 13.7 Å². The van der Waals surface area contributed by atoms with Gasteiger partial charge in [-0.25, -0.2) is 4.79 Å². The zero-order valence-corrected chi connectivity index (χ0v) is 19.7. The van der Waals surface area contributed by atoms with Crippen molar-refractivity contribution < 1.29 is 33.3 Å². The Morgan fingerprint density at radius 3 is 2.59 bits per heavy atom. The van der Waals surface area contributed by atoms with E-state index in [4.69, 9.17) is 18.6 Å². The number of aryl methyl sites for hydroxylation is 1. The molecule has 8 heteroatoms. The van der Waals surface area contributed by atoms with Crippen molar-refractivity contribution in [1.29, 1.82) is 0 Å². The molecule has 0 amide bonds. The first kappa shape index (κ1) is 23.4. The molecule has 8 nitrogen and oxygen atoms in total. The fraction of sp³-hybridized carbons (Fsp3) is 0.346. The third kappa shape index (κ3) is 4.00. The zero-order valence-electron chi connectivity index (χ0n) is 19.7. The Labute approximate surface area is 196 Å². The van der Waals surface area contributed by atoms with Crippen LogP contribution in [0.25, 0.3) is 11.0 Å². The number of ketones is 1. The molecule has 0 aliphatic carbocycles. The fourth-order valence-electron chi connectivity index (χ4n) is 4.30. The van der Waals surface area contributed by atoms with Crippen LogP contribution in [0.2, 0.25) is 0 Å². The first-order valence-electron chi connectivity index (χ1n) is 11.0. The van der Waals surface area contributed by atoms with E-state index in [0.717, 1.165) is 0 Å². The van der Waals surface area contributed by atoms with Crippen LogP contribution in [0.3, 0.4) is 0 Å². The molecule has 1 aliphatic heterocycles. The fourth-order valence-corrected chi connectivity index (χ4v) is 4.30. The van der Waals surface area contributed by atoms with Gasteiger partial charge in [0.1, 0.15) is 16.9 Å². The monoisotopic (exact) mass is 466 g/mol. The summed E-state index contributed by atoms with van der Waals surface area (Å²) >= 11 is 0. The van der Waals surface area contributed by atoms with Crippen LogP contribution in [0.5, 0.6) is 23.0 Å². The molecule has 34 heavy (non-hydrogen) atoms. The maximum Gasteiger partial charge on any atom is 0.336 e. The molecule has 0 radical (unpaired) electrons. The summed E-state index contributed by atoms with van der Waals surface area (Å²) in [6.07, 6.45) is -0.0583. The highest BCUT2D eigenvalue weighted by Crippen LogP contribution is 2.50. The summed E-state index contributed by atoms with van der Waals surface area (Å²) in [4.78, 5) is 37.3. The van der Waals surface area contributed by atoms with Crippen molar-refractivity contribution in [3.05, 3.63) is 56.9 Å². The number of carbonyl (C=O) groups is 2. The van der Waals surface area contributed by atoms with Gasteiger partial charge in [0, 0.05) is 17.5 Å². The highest BCUT2D eigenvalue weighted by molar-refractivity contribution is 6.09. The third-order valence-electron chi connectivity index (χ3n) is 5.80. The molecule has 1 atom stereocenters. The van der Waals surface area contributed by atoms with Gasteiger partial charge in [0.05, 0.1) is 25.5 Å². The van der Waals surface area contributed by atoms with E-state index in [9.17, 15) is 19.5 Å². The Morgan fingerprint density at radius 1 is 1.21 bits per heavy atom. The van der Waals surface area contributed by atoms with Gasteiger partial charge in [-0.3, -0.25) is 9.59 Å². The summed E-state index contributed by atoms with van der Waals surface area (Å²) in [6, 6.07) is 6.55. The predicted octanol–water partition coefficient (Wildman–Crippen LogP) is 4.49. The lowest BCUT2D eigenvalue weighted by atomic mass is 9.82. The number of Topliss-reactive ketones (excluding diaryl/α,β-unsaturated/α-hetero) is 1. The molecule has 1 unspecified atom stereocenters. The van der Waals surface area contributed by atoms with E-state index in [1.807, 2.05) is 13.8 Å². The molecule has 4 rings (SSSR count). The van der Waals surface area contributed by atoms with Gasteiger partial charge in [0.2, 0.25) is 0 Å². The van der Waals surface area contributed by atoms with Gasteiger partial charge in [-0.1, -0.05) is 19.9 Å². The number of ether oxygens (including phenoxy) is 3. The number of methoxy groups -OCH3 is 1. The lowest BCUT2D eigenvalue weighted by molar-refractivity contribution is -0.135. The van der Waals surface area contributed by atoms with Gasteiger partial charge in [0.25, 0.3) is 0 Å². The summed E-state index contributed by atoms with van der Waals surface area (Å²) in [5.41, 5.74) is 0.821. The largest absolute Gasteiger partial charge is 0.506 e. The summed E-state index contributed by atoms with van der Waals surface area (Å²) < 4.78 is 22.3. The van der Waals surface area contributed by atoms with Gasteiger partial charge in [-0.2, -0.15) is 0 Å². The van der Waals surface area contributed by atoms with Crippen molar-refractivity contribution in [2.24, 2.45) is 5.92 Å². The molecule has 2 aromatic carbocycles. The third-order valence-corrected chi connectivity index (χ3v) is 5.80. The number of rotatable bonds is 6. The van der Waals surface area contributed by atoms with Crippen molar-refractivity contribution in [3.8, 4) is 23.0 Å². The van der Waals surface area contributed by atoms with Crippen molar-refractivity contribution in [2.45, 2.75) is 40.0 Å². The van der Waals surface area contributed by atoms with Gasteiger partial charge in [-0.05, 0) is 43.0 Å². The number of carbonyl (C=O) groups excluding carboxylic acids is 2. The normalized spacial score (nSPS) is 15.2. The first-order valence-corrected chi connectivity index (χ1v) is 11.0. The molecule has 0 fully saturated rings. The number of aromatic hydroxyl groups is 1. The summed E-state index contributed by atoms with van der Waals surface area (Å²) in [7, 11) is 1.52. The van der Waals surface area contributed by atoms with Gasteiger partial charge in [-0.15, -0.1) is 0 Å². The van der Waals surface area contributed by atoms with E-state index >= 15 is 0 Å². The lowest BCUT2D eigenvalue weighted by Gasteiger charge is -2.28. The molecule has 3 aromatic rings. The summed E-state index contributed by atoms with van der Waals surface area (Å²) in [5, 5.41) is 11.1. The Balaban J connectivity index is 2.00. The Bertz CT molecular complexity index is 1370. The average Bonchev–Trinajstić information content (AvgIpc) is 2.76. The van der Waals surface area contributed by atoms with Gasteiger partial charge < -0.3 is 23.7 Å². The van der Waals surface area contributed by atoms with E-state index < -0.39 is 23.3 Å². The molecule has 0 saturated carbocycles. The molecule has 1 N–H and O–H groups in total. The topological polar surface area (TPSA) is 112 Å². The lowest BCUT2D eigenvalue weighted by Crippen LogP contribution is -2.24. The predicted molar refractivity (Wildman–Crippen MR) is 124 cm³/mol. The Morgan fingerprint density at radius 2 is 1.94 bits per heavy atom. The Kier molecular flexibility index (Phi) is 6.08. The minimum absolute atomic E-state index is 0.0583. The van der Waals surface area contributed by atoms with Gasteiger partial charge in [0.15, 0.2) is 23.0 Å². The SMILES string of the molecule is COc1cc(C2CC(=O)Oc3c(C(C)=O)c(O)c4c(C)cc(=O)oc4c32)ccc1OCC(C)C. The first-order chi connectivity index (χ1) is 16.1. The molecule has 178 valence electrons. The molecule has 2 heterocycles. The summed E-state index contributed by atoms with van der Waals surface area (Å²) in [6.45, 7) is 7.49. The van der Waals surface area contributed by atoms with E-state index in [2.05, 4.69) is 0 Å².